The maximum absolute atomic E-state index is 12.6. The molecular formula is C20H20ClNO4. The molecule has 0 N–H and O–H groups in total. The van der Waals surface area contributed by atoms with Crippen LogP contribution in [0.15, 0.2) is 54.6 Å². The summed E-state index contributed by atoms with van der Waals surface area (Å²) in [5.74, 6) is 1.60. The van der Waals surface area contributed by atoms with Gasteiger partial charge in [0.25, 0.3) is 0 Å². The van der Waals surface area contributed by atoms with Gasteiger partial charge in [0.2, 0.25) is 5.91 Å². The van der Waals surface area contributed by atoms with E-state index in [0.717, 1.165) is 5.56 Å². The largest absolute Gasteiger partial charge is 0.497 e. The summed E-state index contributed by atoms with van der Waals surface area (Å²) in [6, 6.07) is 14.4. The Balaban J connectivity index is 1.88. The normalized spacial score (nSPS) is 14.8. The van der Waals surface area contributed by atoms with Gasteiger partial charge in [0, 0.05) is 35.8 Å². The van der Waals surface area contributed by atoms with E-state index in [2.05, 4.69) is 0 Å². The van der Waals surface area contributed by atoms with E-state index < -0.39 is 0 Å². The number of carbonyl (C=O) groups excluding carboxylic acids is 1. The highest BCUT2D eigenvalue weighted by Crippen LogP contribution is 2.26. The van der Waals surface area contributed by atoms with Crippen LogP contribution >= 0.6 is 11.6 Å². The molecule has 0 spiro atoms. The van der Waals surface area contributed by atoms with Crippen molar-refractivity contribution in [2.45, 2.75) is 0 Å². The molecule has 1 heterocycles. The van der Waals surface area contributed by atoms with Gasteiger partial charge in [-0.25, -0.2) is 0 Å². The summed E-state index contributed by atoms with van der Waals surface area (Å²) in [6.45, 7) is 2.24. The molecule has 1 fully saturated rings. The van der Waals surface area contributed by atoms with E-state index in [-0.39, 0.29) is 5.91 Å². The summed E-state index contributed by atoms with van der Waals surface area (Å²) in [7, 11) is 1.59. The molecule has 5 nitrogen and oxygen atoms in total. The number of rotatable bonds is 5. The zero-order valence-corrected chi connectivity index (χ0v) is 15.2. The molecule has 0 bridgehead atoms. The number of nitrogens with zero attached hydrogens (tertiary/aromatic N) is 1. The first-order valence-corrected chi connectivity index (χ1v) is 8.70. The van der Waals surface area contributed by atoms with Crippen molar-refractivity contribution in [2.24, 2.45) is 0 Å². The van der Waals surface area contributed by atoms with Gasteiger partial charge < -0.3 is 19.1 Å². The highest BCUT2D eigenvalue weighted by Gasteiger charge is 2.17. The van der Waals surface area contributed by atoms with Crippen molar-refractivity contribution in [3.63, 3.8) is 0 Å². The van der Waals surface area contributed by atoms with E-state index in [4.69, 9.17) is 25.8 Å². The number of hydrogen-bond donors (Lipinski definition) is 0. The molecule has 3 rings (SSSR count). The van der Waals surface area contributed by atoms with Gasteiger partial charge in [0.05, 0.1) is 20.3 Å². The van der Waals surface area contributed by atoms with Crippen LogP contribution in [-0.4, -0.2) is 44.2 Å². The lowest BCUT2D eigenvalue weighted by Crippen LogP contribution is -2.40. The molecule has 1 aliphatic heterocycles. The summed E-state index contributed by atoms with van der Waals surface area (Å²) in [6.07, 6.45) is 1.51. The Morgan fingerprint density at radius 2 is 1.81 bits per heavy atom. The highest BCUT2D eigenvalue weighted by molar-refractivity contribution is 6.30. The Hall–Kier alpha value is -2.50. The van der Waals surface area contributed by atoms with E-state index in [9.17, 15) is 4.79 Å². The summed E-state index contributed by atoms with van der Waals surface area (Å²) in [5.41, 5.74) is 0.763. The number of amides is 1. The van der Waals surface area contributed by atoms with E-state index in [1.165, 1.54) is 6.08 Å². The maximum atomic E-state index is 12.6. The van der Waals surface area contributed by atoms with Crippen LogP contribution in [0, 0.1) is 0 Å². The number of ether oxygens (including phenoxy) is 3. The third-order valence-corrected chi connectivity index (χ3v) is 4.23. The lowest BCUT2D eigenvalue weighted by molar-refractivity contribution is -0.129. The Morgan fingerprint density at radius 3 is 2.50 bits per heavy atom. The van der Waals surface area contributed by atoms with Crippen molar-refractivity contribution in [3.8, 4) is 11.5 Å². The van der Waals surface area contributed by atoms with Crippen molar-refractivity contribution in [1.29, 1.82) is 0 Å². The van der Waals surface area contributed by atoms with Crippen LogP contribution in [0.1, 0.15) is 5.56 Å². The minimum absolute atomic E-state index is 0.110. The first kappa shape index (κ1) is 18.3. The molecule has 6 heteroatoms. The molecule has 0 saturated carbocycles. The zero-order valence-electron chi connectivity index (χ0n) is 14.5. The predicted octanol–water partition coefficient (Wildman–Crippen LogP) is 3.63. The van der Waals surface area contributed by atoms with Gasteiger partial charge in [-0.2, -0.15) is 0 Å². The fourth-order valence-electron chi connectivity index (χ4n) is 2.56. The number of carbonyl (C=O) groups is 1. The number of benzene rings is 2. The van der Waals surface area contributed by atoms with Crippen LogP contribution in [0.25, 0.3) is 5.76 Å². The van der Waals surface area contributed by atoms with Crippen LogP contribution in [0.4, 0.5) is 0 Å². The van der Waals surface area contributed by atoms with Crippen molar-refractivity contribution in [2.75, 3.05) is 33.4 Å². The monoisotopic (exact) mass is 373 g/mol. The van der Waals surface area contributed by atoms with Crippen LogP contribution in [0.5, 0.6) is 11.5 Å². The average molecular weight is 374 g/mol. The molecule has 0 aromatic heterocycles. The Morgan fingerprint density at radius 1 is 1.12 bits per heavy atom. The lowest BCUT2D eigenvalue weighted by Gasteiger charge is -2.26. The van der Waals surface area contributed by atoms with Gasteiger partial charge in [0.1, 0.15) is 17.3 Å². The van der Waals surface area contributed by atoms with Crippen LogP contribution < -0.4 is 9.47 Å². The quantitative estimate of drug-likeness (QED) is 0.593. The van der Waals surface area contributed by atoms with Crippen molar-refractivity contribution in [1.82, 2.24) is 4.90 Å². The van der Waals surface area contributed by atoms with Crippen LogP contribution in [0.2, 0.25) is 5.02 Å². The molecule has 0 radical (unpaired) electrons. The molecule has 26 heavy (non-hydrogen) atoms. The molecule has 136 valence electrons. The van der Waals surface area contributed by atoms with Crippen molar-refractivity contribution in [3.05, 3.63) is 65.2 Å². The number of hydrogen-bond acceptors (Lipinski definition) is 4. The van der Waals surface area contributed by atoms with Gasteiger partial charge in [-0.15, -0.1) is 0 Å². The summed E-state index contributed by atoms with van der Waals surface area (Å²) in [5, 5.41) is 0.619. The van der Waals surface area contributed by atoms with Crippen molar-refractivity contribution < 1.29 is 19.0 Å². The highest BCUT2D eigenvalue weighted by atomic mass is 35.5. The molecular weight excluding hydrogens is 354 g/mol. The van der Waals surface area contributed by atoms with Crippen molar-refractivity contribution >= 4 is 23.3 Å². The standard InChI is InChI=1S/C20H20ClNO4/c1-24-17-3-2-4-18(13-17)26-19(15-5-7-16(21)8-6-15)14-20(23)22-9-11-25-12-10-22/h2-8,13-14H,9-12H2,1H3/b19-14+. The number of morpholine rings is 1. The number of methoxy groups -OCH3 is 1. The van der Waals surface area contributed by atoms with E-state index >= 15 is 0 Å². The molecule has 0 atom stereocenters. The first-order chi connectivity index (χ1) is 12.7. The summed E-state index contributed by atoms with van der Waals surface area (Å²) >= 11 is 5.98. The summed E-state index contributed by atoms with van der Waals surface area (Å²) in [4.78, 5) is 14.4. The molecule has 0 aliphatic carbocycles. The minimum Gasteiger partial charge on any atom is -0.497 e. The van der Waals surface area contributed by atoms with Gasteiger partial charge in [-0.3, -0.25) is 4.79 Å². The van der Waals surface area contributed by atoms with E-state index in [0.29, 0.717) is 48.6 Å². The second-order valence-corrected chi connectivity index (χ2v) is 6.17. The molecule has 1 amide bonds. The molecule has 2 aromatic carbocycles. The fraction of sp³-hybridized carbons (Fsp3) is 0.250. The lowest BCUT2D eigenvalue weighted by atomic mass is 10.1. The molecule has 2 aromatic rings. The number of halogens is 1. The Bertz CT molecular complexity index is 783. The van der Waals surface area contributed by atoms with Gasteiger partial charge in [0.15, 0.2) is 0 Å². The third kappa shape index (κ3) is 4.77. The zero-order chi connectivity index (χ0) is 18.4. The van der Waals surface area contributed by atoms with E-state index in [1.807, 2.05) is 30.3 Å². The molecule has 1 saturated heterocycles. The second kappa shape index (κ2) is 8.74. The van der Waals surface area contributed by atoms with Crippen LogP contribution in [0.3, 0.4) is 0 Å². The second-order valence-electron chi connectivity index (χ2n) is 5.73. The molecule has 0 unspecified atom stereocenters. The fourth-order valence-corrected chi connectivity index (χ4v) is 2.69. The summed E-state index contributed by atoms with van der Waals surface area (Å²) < 4.78 is 16.5. The van der Waals surface area contributed by atoms with E-state index in [1.54, 1.807) is 30.2 Å². The van der Waals surface area contributed by atoms with Gasteiger partial charge >= 0.3 is 0 Å². The average Bonchev–Trinajstić information content (AvgIpc) is 2.69. The molecule has 1 aliphatic rings. The smallest absolute Gasteiger partial charge is 0.250 e. The first-order valence-electron chi connectivity index (χ1n) is 8.32. The Labute approximate surface area is 157 Å². The minimum atomic E-state index is -0.110. The van der Waals surface area contributed by atoms with Gasteiger partial charge in [-0.05, 0) is 36.4 Å². The van der Waals surface area contributed by atoms with Crippen LogP contribution in [-0.2, 0) is 9.53 Å². The third-order valence-electron chi connectivity index (χ3n) is 3.98. The Kier molecular flexibility index (Phi) is 6.15. The van der Waals surface area contributed by atoms with Gasteiger partial charge in [-0.1, -0.05) is 17.7 Å². The SMILES string of the molecule is COc1cccc(O/C(=C/C(=O)N2CCOCC2)c2ccc(Cl)cc2)c1. The predicted molar refractivity (Wildman–Crippen MR) is 100 cm³/mol. The maximum Gasteiger partial charge on any atom is 0.250 e. The topological polar surface area (TPSA) is 48.0 Å².